The molecule has 0 saturated carbocycles. The van der Waals surface area contributed by atoms with Gasteiger partial charge in [-0.25, -0.2) is 0 Å². The van der Waals surface area contributed by atoms with Gasteiger partial charge in [-0.3, -0.25) is 9.59 Å². The van der Waals surface area contributed by atoms with Crippen LogP contribution in [0.15, 0.2) is 12.7 Å². The summed E-state index contributed by atoms with van der Waals surface area (Å²) in [5.74, 6) is -2.49. The number of hydrogen-bond donors (Lipinski definition) is 2. The van der Waals surface area contributed by atoms with Crippen molar-refractivity contribution < 1.29 is 43.5 Å². The summed E-state index contributed by atoms with van der Waals surface area (Å²) in [5.41, 5.74) is 4.53. The van der Waals surface area contributed by atoms with E-state index in [1.54, 1.807) is 0 Å². The van der Waals surface area contributed by atoms with E-state index >= 15 is 0 Å². The van der Waals surface area contributed by atoms with E-state index < -0.39 is 17.8 Å². The molecule has 0 spiro atoms. The first-order chi connectivity index (χ1) is 6.90. The van der Waals surface area contributed by atoms with Gasteiger partial charge < -0.3 is 20.7 Å². The summed E-state index contributed by atoms with van der Waals surface area (Å²) in [7, 11) is 0. The largest absolute Gasteiger partial charge is 1.00 e. The molecule has 7 heteroatoms. The van der Waals surface area contributed by atoms with Crippen molar-refractivity contribution in [2.75, 3.05) is 0 Å². The van der Waals surface area contributed by atoms with E-state index in [0.717, 1.165) is 6.08 Å². The molecule has 0 aliphatic heterocycles. The van der Waals surface area contributed by atoms with Crippen LogP contribution in [0.2, 0.25) is 0 Å². The van der Waals surface area contributed by atoms with Gasteiger partial charge in [-0.2, -0.15) is 0 Å². The number of carboxylic acid groups (broad SMARTS) is 2. The quantitative estimate of drug-likeness (QED) is 0.270. The molecule has 0 aliphatic rings. The summed E-state index contributed by atoms with van der Waals surface area (Å²) in [6, 6.07) is 0. The molecule has 0 rings (SSSR count). The van der Waals surface area contributed by atoms with Gasteiger partial charge in [-0.05, 0) is 25.3 Å². The second-order valence-corrected chi connectivity index (χ2v) is 2.58. The Morgan fingerprint density at radius 1 is 1.25 bits per heavy atom. The van der Waals surface area contributed by atoms with Crippen molar-refractivity contribution in [3.05, 3.63) is 12.7 Å². The van der Waals surface area contributed by atoms with Gasteiger partial charge >= 0.3 is 24.8 Å². The van der Waals surface area contributed by atoms with Crippen LogP contribution in [0.3, 0.4) is 0 Å². The molecule has 0 aliphatic carbocycles. The Morgan fingerprint density at radius 2 is 1.62 bits per heavy atom. The Hall–Kier alpha value is -1.25. The molecule has 1 amide bonds. The van der Waals surface area contributed by atoms with Gasteiger partial charge in [0.25, 0.3) is 0 Å². The zero-order valence-electron chi connectivity index (χ0n) is 9.27. The van der Waals surface area contributed by atoms with E-state index in [4.69, 9.17) is 5.11 Å². The Kier molecular flexibility index (Phi) is 17.4. The fraction of sp³-hybridized carbons (Fsp3) is 0.444. The first kappa shape index (κ1) is 20.2. The fourth-order valence-corrected chi connectivity index (χ4v) is 0.546. The van der Waals surface area contributed by atoms with E-state index in [1.165, 1.54) is 0 Å². The zero-order valence-corrected chi connectivity index (χ0v) is 9.27. The maximum absolute atomic E-state index is 9.88. The summed E-state index contributed by atoms with van der Waals surface area (Å²) in [6.07, 6.45) is 1.83. The van der Waals surface area contributed by atoms with Crippen molar-refractivity contribution in [1.82, 2.24) is 0 Å². The number of rotatable bonds is 6. The number of nitrogens with two attached hydrogens (primary N) is 1. The van der Waals surface area contributed by atoms with E-state index in [-0.39, 0.29) is 31.7 Å². The summed E-state index contributed by atoms with van der Waals surface area (Å²) in [5, 5.41) is 17.9. The minimum Gasteiger partial charge on any atom is -0.550 e. The molecule has 0 saturated heterocycles. The molecule has 0 radical (unpaired) electrons. The Balaban J connectivity index is -0.000000242. The monoisotopic (exact) mass is 223 g/mol. The molecule has 0 bridgehead atoms. The predicted octanol–water partition coefficient (Wildman–Crippen LogP) is -3.96. The number of aliphatic carboxylic acids is 2. The SMILES string of the molecule is C=CC(N)=O.O=C([O-])CCCCC(=O)O.[Li+]. The Labute approximate surface area is 106 Å². The maximum Gasteiger partial charge on any atom is 1.00 e. The summed E-state index contributed by atoms with van der Waals surface area (Å²) in [6.45, 7) is 3.09. The molecule has 0 atom stereocenters. The Bertz CT molecular complexity index is 226. The molecule has 3 N–H and O–H groups in total. The number of primary amides is 1. The number of hydrogen-bond acceptors (Lipinski definition) is 4. The number of carbonyl (C=O) groups is 3. The first-order valence-corrected chi connectivity index (χ1v) is 4.23. The van der Waals surface area contributed by atoms with Crippen LogP contribution in [0, 0.1) is 0 Å². The molecule has 0 aromatic carbocycles. The third kappa shape index (κ3) is 29.3. The van der Waals surface area contributed by atoms with Crippen LogP contribution < -0.4 is 29.7 Å². The molecule has 6 nitrogen and oxygen atoms in total. The molecule has 0 heterocycles. The second-order valence-electron chi connectivity index (χ2n) is 2.58. The molecule has 0 aromatic rings. The van der Waals surface area contributed by atoms with Crippen molar-refractivity contribution >= 4 is 17.8 Å². The molecule has 0 fully saturated rings. The van der Waals surface area contributed by atoms with Crippen LogP contribution in [-0.2, 0) is 14.4 Å². The first-order valence-electron chi connectivity index (χ1n) is 4.23. The van der Waals surface area contributed by atoms with Crippen LogP contribution in [0.25, 0.3) is 0 Å². The van der Waals surface area contributed by atoms with Crippen LogP contribution in [0.5, 0.6) is 0 Å². The normalized spacial score (nSPS) is 7.75. The number of amides is 1. The average molecular weight is 223 g/mol. The summed E-state index contributed by atoms with van der Waals surface area (Å²) >= 11 is 0. The van der Waals surface area contributed by atoms with Gasteiger partial charge in [0.2, 0.25) is 5.91 Å². The van der Waals surface area contributed by atoms with E-state index in [9.17, 15) is 19.5 Å². The summed E-state index contributed by atoms with van der Waals surface area (Å²) < 4.78 is 0. The van der Waals surface area contributed by atoms with Gasteiger partial charge in [0.15, 0.2) is 0 Å². The van der Waals surface area contributed by atoms with Crippen molar-refractivity contribution in [3.63, 3.8) is 0 Å². The topological polar surface area (TPSA) is 121 Å². The molecule has 16 heavy (non-hydrogen) atoms. The summed E-state index contributed by atoms with van der Waals surface area (Å²) in [4.78, 5) is 29.1. The van der Waals surface area contributed by atoms with E-state index in [2.05, 4.69) is 12.3 Å². The van der Waals surface area contributed by atoms with Crippen LogP contribution in [0.4, 0.5) is 0 Å². The van der Waals surface area contributed by atoms with Crippen LogP contribution >= 0.6 is 0 Å². The molecular formula is C9H14LiNO5. The van der Waals surface area contributed by atoms with Crippen molar-refractivity contribution in [2.24, 2.45) is 5.73 Å². The van der Waals surface area contributed by atoms with Gasteiger partial charge in [0, 0.05) is 12.4 Å². The predicted molar refractivity (Wildman–Crippen MR) is 50.5 cm³/mol. The molecule has 86 valence electrons. The molecular weight excluding hydrogens is 209 g/mol. The smallest absolute Gasteiger partial charge is 0.550 e. The van der Waals surface area contributed by atoms with Gasteiger partial charge in [0.1, 0.15) is 0 Å². The number of carboxylic acids is 2. The third-order valence-electron chi connectivity index (χ3n) is 1.22. The Morgan fingerprint density at radius 3 is 1.88 bits per heavy atom. The average Bonchev–Trinajstić information content (AvgIpc) is 2.13. The van der Waals surface area contributed by atoms with E-state index in [0.29, 0.717) is 12.8 Å². The molecule has 0 aromatic heterocycles. The van der Waals surface area contributed by atoms with Crippen molar-refractivity contribution in [3.8, 4) is 0 Å². The van der Waals surface area contributed by atoms with Gasteiger partial charge in [0.05, 0.1) is 0 Å². The minimum absolute atomic E-state index is 0. The minimum atomic E-state index is -1.12. The molecule has 0 unspecified atom stereocenters. The maximum atomic E-state index is 9.88. The van der Waals surface area contributed by atoms with E-state index in [1.807, 2.05) is 0 Å². The number of unbranched alkanes of at least 4 members (excludes halogenated alkanes) is 1. The van der Waals surface area contributed by atoms with Crippen LogP contribution in [0.1, 0.15) is 25.7 Å². The van der Waals surface area contributed by atoms with Crippen molar-refractivity contribution in [2.45, 2.75) is 25.7 Å². The zero-order chi connectivity index (χ0) is 12.3. The third-order valence-corrected chi connectivity index (χ3v) is 1.22. The fourth-order valence-electron chi connectivity index (χ4n) is 0.546. The standard InChI is InChI=1S/C6H10O4.C3H5NO.Li/c7-5(8)3-1-2-4-6(9)10;1-2-3(4)5;/h1-4H2,(H,7,8)(H,9,10);2H,1H2,(H2,4,5);/q;;+1/p-1. The van der Waals surface area contributed by atoms with Crippen molar-refractivity contribution in [1.29, 1.82) is 0 Å². The van der Waals surface area contributed by atoms with Gasteiger partial charge in [-0.15, -0.1) is 0 Å². The van der Waals surface area contributed by atoms with Gasteiger partial charge in [-0.1, -0.05) is 6.58 Å². The number of carbonyl (C=O) groups excluding carboxylic acids is 2. The van der Waals surface area contributed by atoms with Crippen LogP contribution in [-0.4, -0.2) is 23.0 Å². The second kappa shape index (κ2) is 13.7.